The summed E-state index contributed by atoms with van der Waals surface area (Å²) in [6.07, 6.45) is 1.53. The van der Waals surface area contributed by atoms with Gasteiger partial charge >= 0.3 is 0 Å². The number of amides is 1. The molecule has 3 nitrogen and oxygen atoms in total. The Kier molecular flexibility index (Phi) is 2.44. The van der Waals surface area contributed by atoms with Crippen LogP contribution in [0.4, 0.5) is 5.69 Å². The highest BCUT2D eigenvalue weighted by Gasteiger charge is 2.52. The zero-order valence-electron chi connectivity index (χ0n) is 8.19. The van der Waals surface area contributed by atoms with E-state index in [9.17, 15) is 4.79 Å². The standard InChI is InChI=1S/C11H12N2OS/c12-9(15)11(6-7-11)10(14)13-8-4-2-1-3-5-8/h1-5H,6-7H2,(H2,12,15)(H,13,14). The lowest BCUT2D eigenvalue weighted by molar-refractivity contribution is -0.118. The van der Waals surface area contributed by atoms with Crippen molar-refractivity contribution in [3.63, 3.8) is 0 Å². The van der Waals surface area contributed by atoms with E-state index in [1.54, 1.807) is 0 Å². The van der Waals surface area contributed by atoms with Crippen molar-refractivity contribution >= 4 is 28.8 Å². The summed E-state index contributed by atoms with van der Waals surface area (Å²) in [6, 6.07) is 9.32. The van der Waals surface area contributed by atoms with E-state index < -0.39 is 5.41 Å². The third-order valence-electron chi connectivity index (χ3n) is 2.69. The van der Waals surface area contributed by atoms with E-state index in [2.05, 4.69) is 5.32 Å². The SMILES string of the molecule is NC(=S)C1(C(=O)Nc2ccccc2)CC1. The van der Waals surface area contributed by atoms with Crippen LogP contribution in [-0.2, 0) is 4.79 Å². The van der Waals surface area contributed by atoms with E-state index in [-0.39, 0.29) is 5.91 Å². The smallest absolute Gasteiger partial charge is 0.237 e. The van der Waals surface area contributed by atoms with Crippen LogP contribution in [0.15, 0.2) is 30.3 Å². The third-order valence-corrected chi connectivity index (χ3v) is 3.08. The maximum absolute atomic E-state index is 11.9. The van der Waals surface area contributed by atoms with Crippen LogP contribution in [0.25, 0.3) is 0 Å². The second-order valence-electron chi connectivity index (χ2n) is 3.77. The molecule has 4 heteroatoms. The lowest BCUT2D eigenvalue weighted by Crippen LogP contribution is -2.34. The van der Waals surface area contributed by atoms with Gasteiger partial charge in [-0.3, -0.25) is 4.79 Å². The van der Waals surface area contributed by atoms with Crippen molar-refractivity contribution in [1.82, 2.24) is 0 Å². The Hall–Kier alpha value is -1.42. The number of anilines is 1. The predicted octanol–water partition coefficient (Wildman–Crippen LogP) is 1.69. The molecule has 1 amide bonds. The van der Waals surface area contributed by atoms with Crippen LogP contribution in [0.5, 0.6) is 0 Å². The van der Waals surface area contributed by atoms with Crippen LogP contribution in [-0.4, -0.2) is 10.9 Å². The maximum Gasteiger partial charge on any atom is 0.237 e. The van der Waals surface area contributed by atoms with Gasteiger partial charge in [-0.25, -0.2) is 0 Å². The zero-order chi connectivity index (χ0) is 10.9. The van der Waals surface area contributed by atoms with Crippen LogP contribution in [0.2, 0.25) is 0 Å². The van der Waals surface area contributed by atoms with Crippen molar-refractivity contribution in [2.45, 2.75) is 12.8 Å². The molecular weight excluding hydrogens is 208 g/mol. The number of hydrogen-bond donors (Lipinski definition) is 2. The Labute approximate surface area is 93.7 Å². The molecule has 0 saturated heterocycles. The van der Waals surface area contributed by atoms with Gasteiger partial charge in [0.1, 0.15) is 0 Å². The lowest BCUT2D eigenvalue weighted by atomic mass is 10.1. The second-order valence-corrected chi connectivity index (χ2v) is 4.21. The van der Waals surface area contributed by atoms with Crippen molar-refractivity contribution in [2.24, 2.45) is 11.1 Å². The highest BCUT2D eigenvalue weighted by molar-refractivity contribution is 7.80. The number of hydrogen-bond acceptors (Lipinski definition) is 2. The van der Waals surface area contributed by atoms with E-state index in [4.69, 9.17) is 18.0 Å². The molecule has 0 spiro atoms. The minimum atomic E-state index is -0.578. The number of rotatable bonds is 3. The van der Waals surface area contributed by atoms with Crippen molar-refractivity contribution in [3.05, 3.63) is 30.3 Å². The molecule has 0 bridgehead atoms. The summed E-state index contributed by atoms with van der Waals surface area (Å²) >= 11 is 4.90. The van der Waals surface area contributed by atoms with E-state index in [0.29, 0.717) is 4.99 Å². The molecule has 1 aromatic rings. The van der Waals surface area contributed by atoms with Crippen molar-refractivity contribution < 1.29 is 4.79 Å². The van der Waals surface area contributed by atoms with E-state index in [1.807, 2.05) is 30.3 Å². The van der Waals surface area contributed by atoms with Crippen LogP contribution >= 0.6 is 12.2 Å². The topological polar surface area (TPSA) is 55.1 Å². The highest BCUT2D eigenvalue weighted by atomic mass is 32.1. The first-order valence-electron chi connectivity index (χ1n) is 4.81. The molecule has 0 atom stereocenters. The van der Waals surface area contributed by atoms with Crippen molar-refractivity contribution in [2.75, 3.05) is 5.32 Å². The number of thiocarbonyl (C=S) groups is 1. The molecule has 0 unspecified atom stereocenters. The second kappa shape index (κ2) is 3.62. The van der Waals surface area contributed by atoms with Gasteiger partial charge in [0.2, 0.25) is 5.91 Å². The Bertz CT molecular complexity index is 398. The number of carbonyl (C=O) groups is 1. The van der Waals surface area contributed by atoms with E-state index >= 15 is 0 Å². The van der Waals surface area contributed by atoms with E-state index in [1.165, 1.54) is 0 Å². The van der Waals surface area contributed by atoms with Gasteiger partial charge in [-0.15, -0.1) is 0 Å². The van der Waals surface area contributed by atoms with Gasteiger partial charge in [0.25, 0.3) is 0 Å². The molecule has 1 aliphatic carbocycles. The third kappa shape index (κ3) is 1.85. The van der Waals surface area contributed by atoms with Crippen molar-refractivity contribution in [3.8, 4) is 0 Å². The number of carbonyl (C=O) groups excluding carboxylic acids is 1. The molecule has 1 aromatic carbocycles. The van der Waals surface area contributed by atoms with Gasteiger partial charge in [-0.1, -0.05) is 30.4 Å². The average Bonchev–Trinajstić information content (AvgIpc) is 2.99. The van der Waals surface area contributed by atoms with Crippen LogP contribution in [0.1, 0.15) is 12.8 Å². The zero-order valence-corrected chi connectivity index (χ0v) is 9.01. The Morgan fingerprint density at radius 1 is 1.33 bits per heavy atom. The van der Waals surface area contributed by atoms with Gasteiger partial charge in [0.15, 0.2) is 0 Å². The molecule has 15 heavy (non-hydrogen) atoms. The van der Waals surface area contributed by atoms with Crippen LogP contribution < -0.4 is 11.1 Å². The molecule has 0 aromatic heterocycles. The number of nitrogens with one attached hydrogen (secondary N) is 1. The number of nitrogens with two attached hydrogens (primary N) is 1. The Balaban J connectivity index is 2.08. The van der Waals surface area contributed by atoms with Crippen LogP contribution in [0, 0.1) is 5.41 Å². The summed E-state index contributed by atoms with van der Waals surface area (Å²) in [5.41, 5.74) is 5.76. The summed E-state index contributed by atoms with van der Waals surface area (Å²) in [7, 11) is 0. The fraction of sp³-hybridized carbons (Fsp3) is 0.273. The predicted molar refractivity (Wildman–Crippen MR) is 63.5 cm³/mol. The monoisotopic (exact) mass is 220 g/mol. The maximum atomic E-state index is 11.9. The minimum Gasteiger partial charge on any atom is -0.392 e. The van der Waals surface area contributed by atoms with Gasteiger partial charge in [-0.05, 0) is 25.0 Å². The fourth-order valence-corrected chi connectivity index (χ4v) is 1.78. The lowest BCUT2D eigenvalue weighted by Gasteiger charge is -2.13. The van der Waals surface area contributed by atoms with Crippen LogP contribution in [0.3, 0.4) is 0 Å². The fourth-order valence-electron chi connectivity index (χ4n) is 1.48. The average molecular weight is 220 g/mol. The summed E-state index contributed by atoms with van der Waals surface area (Å²) in [4.78, 5) is 12.2. The summed E-state index contributed by atoms with van der Waals surface area (Å²) in [5, 5.41) is 2.82. The molecular formula is C11H12N2OS. The highest BCUT2D eigenvalue weighted by Crippen LogP contribution is 2.46. The first-order valence-corrected chi connectivity index (χ1v) is 5.22. The molecule has 0 aliphatic heterocycles. The van der Waals surface area contributed by atoms with E-state index in [0.717, 1.165) is 18.5 Å². The Morgan fingerprint density at radius 2 is 1.93 bits per heavy atom. The molecule has 1 saturated carbocycles. The van der Waals surface area contributed by atoms with Gasteiger partial charge in [0.05, 0.1) is 10.4 Å². The molecule has 2 rings (SSSR count). The van der Waals surface area contributed by atoms with Crippen molar-refractivity contribution in [1.29, 1.82) is 0 Å². The largest absolute Gasteiger partial charge is 0.392 e. The number of benzene rings is 1. The normalized spacial score (nSPS) is 16.8. The summed E-state index contributed by atoms with van der Waals surface area (Å²) in [5.74, 6) is -0.0822. The Morgan fingerprint density at radius 3 is 2.40 bits per heavy atom. The molecule has 0 heterocycles. The first kappa shape index (κ1) is 10.1. The number of para-hydroxylation sites is 1. The molecule has 3 N–H and O–H groups in total. The molecule has 1 aliphatic rings. The quantitative estimate of drug-likeness (QED) is 0.762. The van der Waals surface area contributed by atoms with Gasteiger partial charge in [-0.2, -0.15) is 0 Å². The van der Waals surface area contributed by atoms with Gasteiger partial charge < -0.3 is 11.1 Å². The molecule has 0 radical (unpaired) electrons. The van der Waals surface area contributed by atoms with Gasteiger partial charge in [0, 0.05) is 5.69 Å². The molecule has 78 valence electrons. The summed E-state index contributed by atoms with van der Waals surface area (Å²) < 4.78 is 0. The summed E-state index contributed by atoms with van der Waals surface area (Å²) in [6.45, 7) is 0. The molecule has 1 fully saturated rings. The minimum absolute atomic E-state index is 0.0822. The first-order chi connectivity index (χ1) is 7.15.